The molecule has 3 amide bonds. The highest BCUT2D eigenvalue weighted by atomic mass is 79.9. The highest BCUT2D eigenvalue weighted by Crippen LogP contribution is 2.38. The molecule has 0 N–H and O–H groups in total. The number of nitrogens with zero attached hydrogens (tertiary/aromatic N) is 2. The molecule has 2 aliphatic rings. The Hall–Kier alpha value is -3.27. The van der Waals surface area contributed by atoms with Gasteiger partial charge in [0.15, 0.2) is 11.5 Å². The van der Waals surface area contributed by atoms with Crippen molar-refractivity contribution in [2.75, 3.05) is 19.7 Å². The predicted octanol–water partition coefficient (Wildman–Crippen LogP) is 6.70. The van der Waals surface area contributed by atoms with Crippen LogP contribution in [0.2, 0.25) is 5.02 Å². The first kappa shape index (κ1) is 28.3. The zero-order chi connectivity index (χ0) is 28.2. The number of imide groups is 1. The summed E-state index contributed by atoms with van der Waals surface area (Å²) in [4.78, 5) is 41.9. The summed E-state index contributed by atoms with van der Waals surface area (Å²) in [5, 5.41) is 0.137. The molecule has 3 aromatic rings. The molecule has 2 heterocycles. The minimum atomic E-state index is -0.496. The standard InChI is InChI=1S/C30H26BrClN2O5S/c1-2-38-25-13-22(23(31)15-26(25)39-18-21-9-5-6-10-24(21)32)14-27-29(36)34(30(37)40-27)17-28(35)33-12-11-19-7-3-4-8-20(19)16-33/h3-10,13-15H,2,11-12,16-18H2,1H3/b27-14-. The summed E-state index contributed by atoms with van der Waals surface area (Å²) in [6, 6.07) is 18.9. The van der Waals surface area contributed by atoms with Gasteiger partial charge in [-0.2, -0.15) is 0 Å². The van der Waals surface area contributed by atoms with Gasteiger partial charge in [-0.15, -0.1) is 0 Å². The monoisotopic (exact) mass is 640 g/mol. The Morgan fingerprint density at radius 1 is 1.05 bits per heavy atom. The predicted molar refractivity (Wildman–Crippen MR) is 159 cm³/mol. The maximum Gasteiger partial charge on any atom is 0.294 e. The second kappa shape index (κ2) is 12.5. The Morgan fingerprint density at radius 2 is 1.77 bits per heavy atom. The van der Waals surface area contributed by atoms with Crippen LogP contribution in [0.15, 0.2) is 70.0 Å². The van der Waals surface area contributed by atoms with E-state index in [1.807, 2.05) is 43.3 Å². The summed E-state index contributed by atoms with van der Waals surface area (Å²) < 4.78 is 12.5. The van der Waals surface area contributed by atoms with Crippen LogP contribution in [0.25, 0.3) is 6.08 Å². The van der Waals surface area contributed by atoms with Crippen molar-refractivity contribution in [3.63, 3.8) is 0 Å². The van der Waals surface area contributed by atoms with Gasteiger partial charge in [0.25, 0.3) is 11.1 Å². The smallest absolute Gasteiger partial charge is 0.294 e. The summed E-state index contributed by atoms with van der Waals surface area (Å²) >= 11 is 10.6. The number of halogens is 2. The molecule has 40 heavy (non-hydrogen) atoms. The first-order valence-corrected chi connectivity index (χ1v) is 14.7. The molecule has 2 aliphatic heterocycles. The van der Waals surface area contributed by atoms with E-state index in [0.29, 0.717) is 46.3 Å². The van der Waals surface area contributed by atoms with E-state index < -0.39 is 11.1 Å². The van der Waals surface area contributed by atoms with E-state index in [9.17, 15) is 14.4 Å². The Bertz CT molecular complexity index is 1510. The molecule has 0 radical (unpaired) electrons. The zero-order valence-corrected chi connectivity index (χ0v) is 24.9. The van der Waals surface area contributed by atoms with Gasteiger partial charge in [-0.05, 0) is 66.1 Å². The number of ether oxygens (including phenoxy) is 2. The van der Waals surface area contributed by atoms with Crippen LogP contribution in [-0.4, -0.2) is 46.5 Å². The molecule has 0 unspecified atom stereocenters. The minimum absolute atomic E-state index is 0.231. The molecule has 0 bridgehead atoms. The van der Waals surface area contributed by atoms with Crippen molar-refractivity contribution in [2.24, 2.45) is 0 Å². The van der Waals surface area contributed by atoms with Crippen molar-refractivity contribution >= 4 is 62.4 Å². The number of fused-ring (bicyclic) bond motifs is 1. The van der Waals surface area contributed by atoms with Gasteiger partial charge in [0.05, 0.1) is 11.5 Å². The van der Waals surface area contributed by atoms with Crippen molar-refractivity contribution in [2.45, 2.75) is 26.5 Å². The highest BCUT2D eigenvalue weighted by Gasteiger charge is 2.37. The van der Waals surface area contributed by atoms with Crippen molar-refractivity contribution in [1.82, 2.24) is 9.80 Å². The first-order chi connectivity index (χ1) is 19.3. The van der Waals surface area contributed by atoms with E-state index in [1.54, 1.807) is 29.2 Å². The molecule has 7 nitrogen and oxygen atoms in total. The SMILES string of the molecule is CCOc1cc(/C=C2\SC(=O)N(CC(=O)N3CCc4ccccc4C3)C2=O)c(Br)cc1OCc1ccccc1Cl. The fourth-order valence-electron chi connectivity index (χ4n) is 4.53. The van der Waals surface area contributed by atoms with Gasteiger partial charge in [-0.25, -0.2) is 0 Å². The topological polar surface area (TPSA) is 76.2 Å². The second-order valence-corrected chi connectivity index (χ2v) is 11.5. The third kappa shape index (κ3) is 6.22. The van der Waals surface area contributed by atoms with E-state index in [2.05, 4.69) is 22.0 Å². The van der Waals surface area contributed by atoms with E-state index >= 15 is 0 Å². The number of hydrogen-bond donors (Lipinski definition) is 0. The highest BCUT2D eigenvalue weighted by molar-refractivity contribution is 9.10. The molecule has 206 valence electrons. The molecule has 1 saturated heterocycles. The lowest BCUT2D eigenvalue weighted by atomic mass is 10.00. The third-order valence-corrected chi connectivity index (χ3v) is 8.60. The number of benzene rings is 3. The van der Waals surface area contributed by atoms with Crippen LogP contribution in [-0.2, 0) is 29.2 Å². The van der Waals surface area contributed by atoms with Crippen LogP contribution >= 0.6 is 39.3 Å². The summed E-state index contributed by atoms with van der Waals surface area (Å²) in [7, 11) is 0. The number of thioether (sulfide) groups is 1. The van der Waals surface area contributed by atoms with Gasteiger partial charge in [-0.3, -0.25) is 19.3 Å². The average Bonchev–Trinajstić information content (AvgIpc) is 3.21. The third-order valence-electron chi connectivity index (χ3n) is 6.64. The van der Waals surface area contributed by atoms with Crippen molar-refractivity contribution in [3.8, 4) is 11.5 Å². The van der Waals surface area contributed by atoms with Crippen molar-refractivity contribution in [1.29, 1.82) is 0 Å². The van der Waals surface area contributed by atoms with Crippen LogP contribution in [0.1, 0.15) is 29.2 Å². The molecular formula is C30H26BrClN2O5S. The number of carbonyl (C=O) groups excluding carboxylic acids is 3. The maximum atomic E-state index is 13.2. The molecule has 3 aromatic carbocycles. The van der Waals surface area contributed by atoms with Gasteiger partial charge in [-0.1, -0.05) is 70.0 Å². The fourth-order valence-corrected chi connectivity index (χ4v) is 5.99. The lowest BCUT2D eigenvalue weighted by molar-refractivity contribution is -0.136. The molecule has 0 atom stereocenters. The van der Waals surface area contributed by atoms with E-state index in [0.717, 1.165) is 34.2 Å². The largest absolute Gasteiger partial charge is 0.490 e. The summed E-state index contributed by atoms with van der Waals surface area (Å²) in [5.41, 5.74) is 3.78. The quantitative estimate of drug-likeness (QED) is 0.255. The molecule has 5 rings (SSSR count). The molecule has 0 aliphatic carbocycles. The van der Waals surface area contributed by atoms with Crippen LogP contribution in [0.3, 0.4) is 0 Å². The number of carbonyl (C=O) groups is 3. The van der Waals surface area contributed by atoms with Crippen molar-refractivity contribution in [3.05, 3.63) is 97.3 Å². The number of amides is 3. The Kier molecular flexibility index (Phi) is 8.83. The Morgan fingerprint density at radius 3 is 2.55 bits per heavy atom. The van der Waals surface area contributed by atoms with Crippen LogP contribution < -0.4 is 9.47 Å². The zero-order valence-electron chi connectivity index (χ0n) is 21.7. The van der Waals surface area contributed by atoms with Crippen LogP contribution in [0, 0.1) is 0 Å². The van der Waals surface area contributed by atoms with Gasteiger partial charge >= 0.3 is 0 Å². The lowest BCUT2D eigenvalue weighted by Crippen LogP contribution is -2.44. The van der Waals surface area contributed by atoms with Crippen LogP contribution in [0.5, 0.6) is 11.5 Å². The fraction of sp³-hybridized carbons (Fsp3) is 0.233. The van der Waals surface area contributed by atoms with E-state index in [1.165, 1.54) is 5.56 Å². The van der Waals surface area contributed by atoms with E-state index in [4.69, 9.17) is 21.1 Å². The summed E-state index contributed by atoms with van der Waals surface area (Å²) in [6.07, 6.45) is 2.37. The molecule has 0 aromatic heterocycles. The molecular weight excluding hydrogens is 616 g/mol. The van der Waals surface area contributed by atoms with E-state index in [-0.39, 0.29) is 24.0 Å². The molecule has 0 spiro atoms. The molecule has 0 saturated carbocycles. The number of hydrogen-bond acceptors (Lipinski definition) is 6. The summed E-state index contributed by atoms with van der Waals surface area (Å²) in [6.45, 7) is 3.26. The first-order valence-electron chi connectivity index (χ1n) is 12.8. The molecule has 10 heteroatoms. The Labute approximate surface area is 250 Å². The van der Waals surface area contributed by atoms with Crippen LogP contribution in [0.4, 0.5) is 4.79 Å². The van der Waals surface area contributed by atoms with Gasteiger partial charge in [0, 0.05) is 28.1 Å². The summed E-state index contributed by atoms with van der Waals surface area (Å²) in [5.74, 6) is 0.249. The number of rotatable bonds is 8. The average molecular weight is 642 g/mol. The normalized spacial score (nSPS) is 15.9. The Balaban J connectivity index is 1.30. The second-order valence-electron chi connectivity index (χ2n) is 9.24. The van der Waals surface area contributed by atoms with Gasteiger partial charge < -0.3 is 14.4 Å². The van der Waals surface area contributed by atoms with Crippen molar-refractivity contribution < 1.29 is 23.9 Å². The maximum absolute atomic E-state index is 13.2. The molecule has 1 fully saturated rings. The van der Waals surface area contributed by atoms with Gasteiger partial charge in [0.2, 0.25) is 5.91 Å². The van der Waals surface area contributed by atoms with Gasteiger partial charge in [0.1, 0.15) is 13.2 Å². The lowest BCUT2D eigenvalue weighted by Gasteiger charge is -2.29. The minimum Gasteiger partial charge on any atom is -0.490 e.